The molecule has 0 radical (unpaired) electrons. The van der Waals surface area contributed by atoms with Gasteiger partial charge in [-0.1, -0.05) is 41.6 Å². The molecule has 0 saturated carbocycles. The molecule has 7 heteroatoms. The lowest BCUT2D eigenvalue weighted by Gasteiger charge is -2.26. The molecule has 0 amide bonds. The maximum atomic E-state index is 6.37. The summed E-state index contributed by atoms with van der Waals surface area (Å²) in [6.45, 7) is 2.08. The lowest BCUT2D eigenvalue weighted by Crippen LogP contribution is -2.29. The number of rotatable bonds is 6. The molecule has 0 bridgehead atoms. The van der Waals surface area contributed by atoms with E-state index in [1.165, 1.54) is 5.56 Å². The van der Waals surface area contributed by atoms with Crippen molar-refractivity contribution in [2.24, 2.45) is 0 Å². The van der Waals surface area contributed by atoms with Crippen LogP contribution in [0, 0.1) is 6.92 Å². The molecule has 5 rings (SSSR count). The van der Waals surface area contributed by atoms with Crippen molar-refractivity contribution in [1.29, 1.82) is 0 Å². The molecule has 3 heterocycles. The van der Waals surface area contributed by atoms with E-state index in [0.717, 1.165) is 32.9 Å². The van der Waals surface area contributed by atoms with Crippen LogP contribution in [0.25, 0.3) is 0 Å². The summed E-state index contributed by atoms with van der Waals surface area (Å²) >= 11 is 7.38. The standard InChI is InChI=1S/C26H23N3O2S2/c1-17-9-11-20(12-10-17)33-23-14-13-22(31-23)25-24(21-8-3-4-15-27-21)28-26(32)29(25)18-6-5-7-19(16-18)30-2/h3-16,24-25H,1-2H3,(H,28,32)/t24-,25+/m1/s1. The van der Waals surface area contributed by atoms with E-state index in [2.05, 4.69) is 46.4 Å². The molecule has 2 aromatic carbocycles. The van der Waals surface area contributed by atoms with Gasteiger partial charge in [0.25, 0.3) is 0 Å². The van der Waals surface area contributed by atoms with Gasteiger partial charge in [0, 0.05) is 22.8 Å². The first kappa shape index (κ1) is 21.6. The van der Waals surface area contributed by atoms with Crippen molar-refractivity contribution < 1.29 is 9.15 Å². The van der Waals surface area contributed by atoms with Gasteiger partial charge >= 0.3 is 0 Å². The molecule has 1 N–H and O–H groups in total. The number of pyridine rings is 1. The Bertz CT molecular complexity index is 1260. The first-order valence-corrected chi connectivity index (χ1v) is 11.8. The number of aromatic nitrogens is 1. The van der Waals surface area contributed by atoms with Crippen LogP contribution in [-0.4, -0.2) is 17.2 Å². The zero-order valence-electron chi connectivity index (χ0n) is 18.3. The third-order valence-electron chi connectivity index (χ3n) is 5.56. The number of methoxy groups -OCH3 is 1. The molecule has 5 nitrogen and oxygen atoms in total. The number of furan rings is 1. The minimum absolute atomic E-state index is 0.159. The van der Waals surface area contributed by atoms with E-state index in [-0.39, 0.29) is 12.1 Å². The number of benzene rings is 2. The Kier molecular flexibility index (Phi) is 6.07. The molecule has 1 fully saturated rings. The highest BCUT2D eigenvalue weighted by Crippen LogP contribution is 2.43. The first-order chi connectivity index (χ1) is 16.1. The molecule has 1 saturated heterocycles. The largest absolute Gasteiger partial charge is 0.497 e. The molecule has 4 aromatic rings. The van der Waals surface area contributed by atoms with Gasteiger partial charge in [0.1, 0.15) is 17.6 Å². The second kappa shape index (κ2) is 9.29. The molecule has 33 heavy (non-hydrogen) atoms. The van der Waals surface area contributed by atoms with Gasteiger partial charge in [0.2, 0.25) is 0 Å². The summed E-state index contributed by atoms with van der Waals surface area (Å²) in [5, 5.41) is 4.91. The van der Waals surface area contributed by atoms with Gasteiger partial charge in [-0.3, -0.25) is 4.98 Å². The van der Waals surface area contributed by atoms with Crippen molar-refractivity contribution >= 4 is 34.8 Å². The average molecular weight is 474 g/mol. The molecular weight excluding hydrogens is 450 g/mol. The summed E-state index contributed by atoms with van der Waals surface area (Å²) < 4.78 is 11.8. The van der Waals surface area contributed by atoms with Crippen molar-refractivity contribution in [3.05, 3.63) is 102 Å². The van der Waals surface area contributed by atoms with Crippen LogP contribution in [-0.2, 0) is 0 Å². The Morgan fingerprint density at radius 2 is 1.88 bits per heavy atom. The van der Waals surface area contributed by atoms with Gasteiger partial charge in [-0.25, -0.2) is 0 Å². The van der Waals surface area contributed by atoms with Crippen LogP contribution in [0.15, 0.2) is 99.5 Å². The van der Waals surface area contributed by atoms with E-state index in [1.54, 1.807) is 25.1 Å². The highest BCUT2D eigenvalue weighted by Gasteiger charge is 2.42. The first-order valence-electron chi connectivity index (χ1n) is 10.6. The van der Waals surface area contributed by atoms with Crippen molar-refractivity contribution in [1.82, 2.24) is 10.3 Å². The minimum Gasteiger partial charge on any atom is -0.497 e. The van der Waals surface area contributed by atoms with E-state index in [9.17, 15) is 0 Å². The monoisotopic (exact) mass is 473 g/mol. The number of hydrogen-bond acceptors (Lipinski definition) is 5. The van der Waals surface area contributed by atoms with Gasteiger partial charge in [0.15, 0.2) is 10.2 Å². The Labute approximate surface area is 202 Å². The minimum atomic E-state index is -0.202. The van der Waals surface area contributed by atoms with Gasteiger partial charge in [-0.15, -0.1) is 0 Å². The molecule has 2 aromatic heterocycles. The maximum absolute atomic E-state index is 6.37. The maximum Gasteiger partial charge on any atom is 0.174 e. The number of aryl methyl sites for hydroxylation is 1. The Hall–Kier alpha value is -3.29. The third kappa shape index (κ3) is 4.47. The molecule has 1 aliphatic heterocycles. The van der Waals surface area contributed by atoms with E-state index in [4.69, 9.17) is 21.4 Å². The fraction of sp³-hybridized carbons (Fsp3) is 0.154. The highest BCUT2D eigenvalue weighted by atomic mass is 32.2. The smallest absolute Gasteiger partial charge is 0.174 e. The van der Waals surface area contributed by atoms with E-state index in [0.29, 0.717) is 5.11 Å². The van der Waals surface area contributed by atoms with Crippen molar-refractivity contribution in [2.75, 3.05) is 12.0 Å². The quantitative estimate of drug-likeness (QED) is 0.329. The fourth-order valence-corrected chi connectivity index (χ4v) is 5.08. The number of ether oxygens (including phenoxy) is 1. The topological polar surface area (TPSA) is 50.5 Å². The van der Waals surface area contributed by atoms with E-state index in [1.807, 2.05) is 54.6 Å². The van der Waals surface area contributed by atoms with Crippen LogP contribution in [0.1, 0.15) is 29.1 Å². The molecular formula is C26H23N3O2S2. The van der Waals surface area contributed by atoms with Gasteiger partial charge < -0.3 is 19.4 Å². The summed E-state index contributed by atoms with van der Waals surface area (Å²) in [5.74, 6) is 1.58. The molecule has 0 spiro atoms. The summed E-state index contributed by atoms with van der Waals surface area (Å²) in [5.41, 5.74) is 3.07. The normalized spacial score (nSPS) is 17.8. The van der Waals surface area contributed by atoms with Crippen LogP contribution in [0.3, 0.4) is 0 Å². The predicted molar refractivity (Wildman–Crippen MR) is 135 cm³/mol. The lowest BCUT2D eigenvalue weighted by molar-refractivity contribution is 0.383. The number of nitrogens with one attached hydrogen (secondary N) is 1. The van der Waals surface area contributed by atoms with Crippen LogP contribution in [0.4, 0.5) is 5.69 Å². The second-order valence-corrected chi connectivity index (χ2v) is 9.23. The fourth-order valence-electron chi connectivity index (χ4n) is 3.95. The summed E-state index contributed by atoms with van der Waals surface area (Å²) in [6, 6.07) is 25.9. The van der Waals surface area contributed by atoms with E-state index >= 15 is 0 Å². The second-order valence-electron chi connectivity index (χ2n) is 7.77. The van der Waals surface area contributed by atoms with Crippen LogP contribution >= 0.6 is 24.0 Å². The highest BCUT2D eigenvalue weighted by molar-refractivity contribution is 7.99. The van der Waals surface area contributed by atoms with Gasteiger partial charge in [-0.05, 0) is 67.7 Å². The Morgan fingerprint density at radius 1 is 1.03 bits per heavy atom. The third-order valence-corrected chi connectivity index (χ3v) is 6.81. The molecule has 1 aliphatic rings. The lowest BCUT2D eigenvalue weighted by atomic mass is 10.0. The average Bonchev–Trinajstić information content (AvgIpc) is 3.45. The SMILES string of the molecule is COc1cccc(N2C(=S)N[C@H](c3ccccn3)[C@@H]2c2ccc(Sc3ccc(C)cc3)o2)c1. The molecule has 2 atom stereocenters. The summed E-state index contributed by atoms with van der Waals surface area (Å²) in [6.07, 6.45) is 1.80. The zero-order valence-corrected chi connectivity index (χ0v) is 19.9. The number of nitrogens with zero attached hydrogens (tertiary/aromatic N) is 2. The number of anilines is 1. The number of hydrogen-bond donors (Lipinski definition) is 1. The van der Waals surface area contributed by atoms with E-state index < -0.39 is 0 Å². The van der Waals surface area contributed by atoms with Crippen LogP contribution in [0.5, 0.6) is 5.75 Å². The Morgan fingerprint density at radius 3 is 2.64 bits per heavy atom. The van der Waals surface area contributed by atoms with Crippen molar-refractivity contribution in [2.45, 2.75) is 29.0 Å². The van der Waals surface area contributed by atoms with Crippen molar-refractivity contribution in [3.63, 3.8) is 0 Å². The van der Waals surface area contributed by atoms with Crippen molar-refractivity contribution in [3.8, 4) is 5.75 Å². The Balaban J connectivity index is 1.53. The summed E-state index contributed by atoms with van der Waals surface area (Å²) in [7, 11) is 1.66. The summed E-state index contributed by atoms with van der Waals surface area (Å²) in [4.78, 5) is 7.81. The molecule has 166 valence electrons. The molecule has 0 unspecified atom stereocenters. The van der Waals surface area contributed by atoms with Crippen LogP contribution < -0.4 is 15.0 Å². The molecule has 0 aliphatic carbocycles. The number of thiocarbonyl (C=S) groups is 1. The zero-order chi connectivity index (χ0) is 22.8. The van der Waals surface area contributed by atoms with Gasteiger partial charge in [0.05, 0.1) is 18.8 Å². The van der Waals surface area contributed by atoms with Gasteiger partial charge in [-0.2, -0.15) is 0 Å². The van der Waals surface area contributed by atoms with Crippen LogP contribution in [0.2, 0.25) is 0 Å². The predicted octanol–water partition coefficient (Wildman–Crippen LogP) is 6.32.